The highest BCUT2D eigenvalue weighted by Crippen LogP contribution is 2.32. The van der Waals surface area contributed by atoms with Crippen molar-refractivity contribution >= 4 is 23.2 Å². The number of carboxylic acids is 1. The Bertz CT molecular complexity index is 447. The minimum Gasteiger partial charge on any atom is -0.481 e. The summed E-state index contributed by atoms with van der Waals surface area (Å²) < 4.78 is 0. The van der Waals surface area contributed by atoms with Crippen LogP contribution in [-0.4, -0.2) is 28.5 Å². The Balaban J connectivity index is 1.86. The van der Waals surface area contributed by atoms with E-state index in [1.165, 1.54) is 0 Å². The minimum atomic E-state index is -0.856. The number of carbonyl (C=O) groups is 2. The lowest BCUT2D eigenvalue weighted by atomic mass is 9.95. The van der Waals surface area contributed by atoms with Crippen molar-refractivity contribution in [3.8, 4) is 0 Å². The largest absolute Gasteiger partial charge is 0.481 e. The van der Waals surface area contributed by atoms with Crippen LogP contribution in [0.5, 0.6) is 0 Å². The van der Waals surface area contributed by atoms with Gasteiger partial charge in [0.1, 0.15) is 0 Å². The average molecular weight is 282 g/mol. The SMILES string of the molecule is CC(CNC(=O)C1CCCC1C(=O)O)c1nccs1. The Kier molecular flexibility index (Phi) is 4.52. The van der Waals surface area contributed by atoms with E-state index < -0.39 is 11.9 Å². The molecule has 1 heterocycles. The van der Waals surface area contributed by atoms with Gasteiger partial charge in [0.2, 0.25) is 5.91 Å². The molecule has 1 aliphatic rings. The van der Waals surface area contributed by atoms with Crippen LogP contribution in [0.1, 0.15) is 37.1 Å². The van der Waals surface area contributed by atoms with Crippen LogP contribution in [0, 0.1) is 11.8 Å². The van der Waals surface area contributed by atoms with Crippen LogP contribution in [0.4, 0.5) is 0 Å². The van der Waals surface area contributed by atoms with E-state index in [0.29, 0.717) is 19.4 Å². The zero-order valence-electron chi connectivity index (χ0n) is 10.8. The molecule has 1 aromatic rings. The van der Waals surface area contributed by atoms with Crippen molar-refractivity contribution in [3.63, 3.8) is 0 Å². The number of aromatic nitrogens is 1. The van der Waals surface area contributed by atoms with Gasteiger partial charge in [-0.25, -0.2) is 4.98 Å². The lowest BCUT2D eigenvalue weighted by molar-refractivity contribution is -0.146. The number of carbonyl (C=O) groups excluding carboxylic acids is 1. The number of aliphatic carboxylic acids is 1. The molecule has 6 heteroatoms. The number of nitrogens with one attached hydrogen (secondary N) is 1. The Hall–Kier alpha value is -1.43. The Morgan fingerprint density at radius 2 is 2.26 bits per heavy atom. The van der Waals surface area contributed by atoms with Crippen LogP contribution >= 0.6 is 11.3 Å². The van der Waals surface area contributed by atoms with Gasteiger partial charge in [0, 0.05) is 24.0 Å². The van der Waals surface area contributed by atoms with Gasteiger partial charge in [0.15, 0.2) is 0 Å². The van der Waals surface area contributed by atoms with Gasteiger partial charge in [-0.1, -0.05) is 13.3 Å². The van der Waals surface area contributed by atoms with E-state index in [4.69, 9.17) is 5.11 Å². The third-order valence-corrected chi connectivity index (χ3v) is 4.63. The maximum Gasteiger partial charge on any atom is 0.307 e. The number of amides is 1. The first kappa shape index (κ1) is 14.0. The molecule has 5 nitrogen and oxygen atoms in total. The van der Waals surface area contributed by atoms with E-state index in [-0.39, 0.29) is 17.7 Å². The molecular weight excluding hydrogens is 264 g/mol. The molecular formula is C13H18N2O3S. The smallest absolute Gasteiger partial charge is 0.307 e. The predicted molar refractivity (Wildman–Crippen MR) is 72.0 cm³/mol. The fourth-order valence-corrected chi connectivity index (χ4v) is 3.22. The second-order valence-corrected chi connectivity index (χ2v) is 5.92. The molecule has 2 rings (SSSR count). The summed E-state index contributed by atoms with van der Waals surface area (Å²) in [5, 5.41) is 14.8. The number of carboxylic acid groups (broad SMARTS) is 1. The number of thiazole rings is 1. The first-order chi connectivity index (χ1) is 9.09. The molecule has 1 aliphatic carbocycles. The summed E-state index contributed by atoms with van der Waals surface area (Å²) in [6.07, 6.45) is 3.84. The molecule has 1 saturated carbocycles. The van der Waals surface area contributed by atoms with Gasteiger partial charge in [-0.3, -0.25) is 9.59 Å². The Morgan fingerprint density at radius 1 is 1.53 bits per heavy atom. The fraction of sp³-hybridized carbons (Fsp3) is 0.615. The first-order valence-corrected chi connectivity index (χ1v) is 7.37. The van der Waals surface area contributed by atoms with Crippen LogP contribution in [-0.2, 0) is 9.59 Å². The molecule has 0 aliphatic heterocycles. The number of rotatable bonds is 5. The molecule has 3 unspecified atom stereocenters. The van der Waals surface area contributed by atoms with Crippen LogP contribution in [0.15, 0.2) is 11.6 Å². The topological polar surface area (TPSA) is 79.3 Å². The van der Waals surface area contributed by atoms with Gasteiger partial charge in [0.05, 0.1) is 16.8 Å². The molecule has 1 fully saturated rings. The van der Waals surface area contributed by atoms with Crippen molar-refractivity contribution in [3.05, 3.63) is 16.6 Å². The van der Waals surface area contributed by atoms with Crippen molar-refractivity contribution in [2.75, 3.05) is 6.54 Å². The van der Waals surface area contributed by atoms with Crippen LogP contribution in [0.25, 0.3) is 0 Å². The van der Waals surface area contributed by atoms with Gasteiger partial charge >= 0.3 is 5.97 Å². The first-order valence-electron chi connectivity index (χ1n) is 6.49. The molecule has 1 aromatic heterocycles. The van der Waals surface area contributed by atoms with Gasteiger partial charge in [-0.05, 0) is 12.8 Å². The summed E-state index contributed by atoms with van der Waals surface area (Å²) in [4.78, 5) is 27.3. The normalized spacial score (nSPS) is 24.1. The highest BCUT2D eigenvalue weighted by molar-refractivity contribution is 7.09. The Morgan fingerprint density at radius 3 is 2.89 bits per heavy atom. The summed E-state index contributed by atoms with van der Waals surface area (Å²) in [5.74, 6) is -1.72. The molecule has 0 bridgehead atoms. The molecule has 2 N–H and O–H groups in total. The summed E-state index contributed by atoms with van der Waals surface area (Å²) >= 11 is 1.56. The molecule has 1 amide bonds. The molecule has 0 spiro atoms. The zero-order valence-corrected chi connectivity index (χ0v) is 11.7. The van der Waals surface area contributed by atoms with Crippen LogP contribution < -0.4 is 5.32 Å². The third-order valence-electron chi connectivity index (χ3n) is 3.63. The monoisotopic (exact) mass is 282 g/mol. The van der Waals surface area contributed by atoms with E-state index in [1.807, 2.05) is 12.3 Å². The van der Waals surface area contributed by atoms with Gasteiger partial charge in [-0.15, -0.1) is 11.3 Å². The van der Waals surface area contributed by atoms with Gasteiger partial charge in [-0.2, -0.15) is 0 Å². The van der Waals surface area contributed by atoms with E-state index >= 15 is 0 Å². The lowest BCUT2D eigenvalue weighted by Gasteiger charge is -2.17. The number of nitrogens with zero attached hydrogens (tertiary/aromatic N) is 1. The third kappa shape index (κ3) is 3.32. The minimum absolute atomic E-state index is 0.131. The lowest BCUT2D eigenvalue weighted by Crippen LogP contribution is -2.37. The van der Waals surface area contributed by atoms with E-state index in [0.717, 1.165) is 11.4 Å². The highest BCUT2D eigenvalue weighted by atomic mass is 32.1. The van der Waals surface area contributed by atoms with Crippen LogP contribution in [0.3, 0.4) is 0 Å². The van der Waals surface area contributed by atoms with Crippen molar-refractivity contribution in [2.24, 2.45) is 11.8 Å². The van der Waals surface area contributed by atoms with Gasteiger partial charge < -0.3 is 10.4 Å². The molecule has 0 radical (unpaired) electrons. The maximum atomic E-state index is 12.0. The second-order valence-electron chi connectivity index (χ2n) is 5.00. The predicted octanol–water partition coefficient (Wildman–Crippen LogP) is 1.86. The summed E-state index contributed by atoms with van der Waals surface area (Å²) in [6.45, 7) is 2.51. The van der Waals surface area contributed by atoms with E-state index in [9.17, 15) is 9.59 Å². The second kappa shape index (κ2) is 6.14. The average Bonchev–Trinajstić information content (AvgIpc) is 3.04. The maximum absolute atomic E-state index is 12.0. The number of hydrogen-bond donors (Lipinski definition) is 2. The van der Waals surface area contributed by atoms with Gasteiger partial charge in [0.25, 0.3) is 0 Å². The molecule has 104 valence electrons. The van der Waals surface area contributed by atoms with E-state index in [2.05, 4.69) is 10.3 Å². The fourth-order valence-electron chi connectivity index (χ4n) is 2.52. The van der Waals surface area contributed by atoms with Crippen LogP contribution in [0.2, 0.25) is 0 Å². The summed E-state index contributed by atoms with van der Waals surface area (Å²) in [6, 6.07) is 0. The summed E-state index contributed by atoms with van der Waals surface area (Å²) in [7, 11) is 0. The quantitative estimate of drug-likeness (QED) is 0.864. The molecule has 19 heavy (non-hydrogen) atoms. The highest BCUT2D eigenvalue weighted by Gasteiger charge is 2.37. The zero-order chi connectivity index (χ0) is 13.8. The van der Waals surface area contributed by atoms with Crippen molar-refractivity contribution < 1.29 is 14.7 Å². The molecule has 3 atom stereocenters. The molecule has 0 saturated heterocycles. The molecule has 0 aromatic carbocycles. The van der Waals surface area contributed by atoms with Crippen molar-refractivity contribution in [2.45, 2.75) is 32.1 Å². The number of hydrogen-bond acceptors (Lipinski definition) is 4. The van der Waals surface area contributed by atoms with Crippen molar-refractivity contribution in [1.29, 1.82) is 0 Å². The standard InChI is InChI=1S/C13H18N2O3S/c1-8(12-14-5-6-19-12)7-15-11(16)9-3-2-4-10(9)13(17)18/h5-6,8-10H,2-4,7H2,1H3,(H,15,16)(H,17,18). The van der Waals surface area contributed by atoms with E-state index in [1.54, 1.807) is 17.5 Å². The van der Waals surface area contributed by atoms with Crippen molar-refractivity contribution in [1.82, 2.24) is 10.3 Å². The Labute approximate surface area is 116 Å². The summed E-state index contributed by atoms with van der Waals surface area (Å²) in [5.41, 5.74) is 0.